The Morgan fingerprint density at radius 2 is 1.61 bits per heavy atom. The highest BCUT2D eigenvalue weighted by Gasteiger charge is 2.29. The second-order valence-corrected chi connectivity index (χ2v) is 9.49. The second kappa shape index (κ2) is 9.60. The molecule has 1 heterocycles. The van der Waals surface area contributed by atoms with Crippen molar-refractivity contribution in [3.05, 3.63) is 84.2 Å². The number of halogens is 1. The van der Waals surface area contributed by atoms with E-state index >= 15 is 0 Å². The number of hydrogen-bond acceptors (Lipinski definition) is 5. The average Bonchev–Trinajstić information content (AvgIpc) is 2.85. The van der Waals surface area contributed by atoms with Crippen LogP contribution in [0, 0.1) is 5.82 Å². The van der Waals surface area contributed by atoms with Gasteiger partial charge >= 0.3 is 0 Å². The molecule has 0 atom stereocenters. The lowest BCUT2D eigenvalue weighted by Crippen LogP contribution is -2.48. The van der Waals surface area contributed by atoms with Gasteiger partial charge in [-0.2, -0.15) is 4.31 Å². The van der Waals surface area contributed by atoms with E-state index in [0.717, 1.165) is 17.8 Å². The van der Waals surface area contributed by atoms with Crippen molar-refractivity contribution >= 4 is 27.3 Å². The molecular formula is C24H24FN3O4S. The van der Waals surface area contributed by atoms with Crippen molar-refractivity contribution in [1.29, 1.82) is 0 Å². The fraction of sp³-hybridized carbons (Fsp3) is 0.208. The van der Waals surface area contributed by atoms with Crippen molar-refractivity contribution in [2.75, 3.05) is 43.5 Å². The highest BCUT2D eigenvalue weighted by molar-refractivity contribution is 7.89. The normalized spacial score (nSPS) is 14.7. The zero-order valence-electron chi connectivity index (χ0n) is 18.1. The van der Waals surface area contributed by atoms with Crippen LogP contribution in [0.25, 0.3) is 0 Å². The zero-order valence-corrected chi connectivity index (χ0v) is 18.9. The van der Waals surface area contributed by atoms with Crippen LogP contribution in [0.5, 0.6) is 5.75 Å². The number of rotatable bonds is 6. The van der Waals surface area contributed by atoms with Crippen LogP contribution in [0.3, 0.4) is 0 Å². The van der Waals surface area contributed by atoms with E-state index < -0.39 is 21.7 Å². The van der Waals surface area contributed by atoms with Crippen molar-refractivity contribution in [2.24, 2.45) is 0 Å². The first-order chi connectivity index (χ1) is 15.9. The Bertz CT molecular complexity index is 1230. The van der Waals surface area contributed by atoms with Crippen LogP contribution < -0.4 is 15.0 Å². The summed E-state index contributed by atoms with van der Waals surface area (Å²) in [5.74, 6) is -0.919. The van der Waals surface area contributed by atoms with E-state index in [1.54, 1.807) is 24.3 Å². The number of piperazine rings is 1. The van der Waals surface area contributed by atoms with Gasteiger partial charge in [0.15, 0.2) is 0 Å². The summed E-state index contributed by atoms with van der Waals surface area (Å²) in [6.07, 6.45) is 0. The molecule has 1 N–H and O–H groups in total. The third-order valence-corrected chi connectivity index (χ3v) is 7.42. The standard InChI is InChI=1S/C24H24FN3O4S/c1-32-20-9-7-18(8-10-20)26-24(29)22-17-21(11-12-23(22)25)33(30,31)28-15-13-27(14-16-28)19-5-3-2-4-6-19/h2-12,17H,13-16H2,1H3,(H,26,29). The first kappa shape index (κ1) is 22.8. The SMILES string of the molecule is COc1ccc(NC(=O)c2cc(S(=O)(=O)N3CCN(c4ccccc4)CC3)ccc2F)cc1. The van der Waals surface area contributed by atoms with Crippen molar-refractivity contribution in [3.8, 4) is 5.75 Å². The Labute approximate surface area is 192 Å². The molecule has 1 amide bonds. The fourth-order valence-electron chi connectivity index (χ4n) is 3.69. The highest BCUT2D eigenvalue weighted by atomic mass is 32.2. The average molecular weight is 470 g/mol. The lowest BCUT2D eigenvalue weighted by Gasteiger charge is -2.35. The third-order valence-electron chi connectivity index (χ3n) is 5.53. The van der Waals surface area contributed by atoms with Gasteiger partial charge in [-0.25, -0.2) is 12.8 Å². The summed E-state index contributed by atoms with van der Waals surface area (Å²) in [7, 11) is -2.35. The van der Waals surface area contributed by atoms with E-state index in [2.05, 4.69) is 10.2 Å². The van der Waals surface area contributed by atoms with Crippen LogP contribution in [0.1, 0.15) is 10.4 Å². The number of sulfonamides is 1. The summed E-state index contributed by atoms with van der Waals surface area (Å²) >= 11 is 0. The maximum Gasteiger partial charge on any atom is 0.258 e. The maximum absolute atomic E-state index is 14.4. The van der Waals surface area contributed by atoms with E-state index in [-0.39, 0.29) is 10.5 Å². The summed E-state index contributed by atoms with van der Waals surface area (Å²) in [6.45, 7) is 1.66. The lowest BCUT2D eigenvalue weighted by atomic mass is 10.2. The molecule has 7 nitrogen and oxygen atoms in total. The van der Waals surface area contributed by atoms with Gasteiger partial charge in [0.1, 0.15) is 11.6 Å². The molecule has 0 bridgehead atoms. The number of anilines is 2. The third kappa shape index (κ3) is 4.99. The van der Waals surface area contributed by atoms with Gasteiger partial charge in [-0.1, -0.05) is 18.2 Å². The fourth-order valence-corrected chi connectivity index (χ4v) is 5.14. The molecule has 0 radical (unpaired) electrons. The number of benzene rings is 3. The maximum atomic E-state index is 14.4. The van der Waals surface area contributed by atoms with Crippen molar-refractivity contribution in [3.63, 3.8) is 0 Å². The van der Waals surface area contributed by atoms with Gasteiger partial charge in [-0.3, -0.25) is 4.79 Å². The van der Waals surface area contributed by atoms with Gasteiger partial charge < -0.3 is 15.0 Å². The molecular weight excluding hydrogens is 445 g/mol. The van der Waals surface area contributed by atoms with Crippen LogP contribution in [-0.4, -0.2) is 51.9 Å². The Morgan fingerprint density at radius 1 is 0.939 bits per heavy atom. The minimum absolute atomic E-state index is 0.114. The molecule has 0 unspecified atom stereocenters. The number of nitrogens with zero attached hydrogens (tertiary/aromatic N) is 2. The van der Waals surface area contributed by atoms with Crippen LogP contribution in [0.2, 0.25) is 0 Å². The summed E-state index contributed by atoms with van der Waals surface area (Å²) in [4.78, 5) is 14.6. The van der Waals surface area contributed by atoms with Gasteiger partial charge in [0, 0.05) is 37.6 Å². The van der Waals surface area contributed by atoms with E-state index in [9.17, 15) is 17.6 Å². The van der Waals surface area contributed by atoms with Crippen LogP contribution >= 0.6 is 0 Å². The lowest BCUT2D eigenvalue weighted by molar-refractivity contribution is 0.102. The number of nitrogens with one attached hydrogen (secondary N) is 1. The second-order valence-electron chi connectivity index (χ2n) is 7.55. The van der Waals surface area contributed by atoms with Gasteiger partial charge in [0.2, 0.25) is 10.0 Å². The van der Waals surface area contributed by atoms with Crippen LogP contribution in [0.15, 0.2) is 77.7 Å². The molecule has 4 rings (SSSR count). The molecule has 0 saturated carbocycles. The number of ether oxygens (including phenoxy) is 1. The number of amides is 1. The van der Waals surface area contributed by atoms with Gasteiger partial charge in [0.05, 0.1) is 17.6 Å². The van der Waals surface area contributed by atoms with Gasteiger partial charge in [-0.15, -0.1) is 0 Å². The minimum Gasteiger partial charge on any atom is -0.497 e. The number of hydrogen-bond donors (Lipinski definition) is 1. The minimum atomic E-state index is -3.88. The quantitative estimate of drug-likeness (QED) is 0.597. The Kier molecular flexibility index (Phi) is 6.62. The molecule has 1 aliphatic rings. The monoisotopic (exact) mass is 469 g/mol. The van der Waals surface area contributed by atoms with Crippen molar-refractivity contribution in [2.45, 2.75) is 4.90 Å². The van der Waals surface area contributed by atoms with Crippen molar-refractivity contribution < 1.29 is 22.3 Å². The summed E-state index contributed by atoms with van der Waals surface area (Å²) in [5, 5.41) is 2.58. The van der Waals surface area contributed by atoms with E-state index in [1.165, 1.54) is 17.5 Å². The molecule has 33 heavy (non-hydrogen) atoms. The summed E-state index contributed by atoms with van der Waals surface area (Å²) in [5.41, 5.74) is 1.13. The predicted molar refractivity (Wildman–Crippen MR) is 125 cm³/mol. The Hall–Kier alpha value is -3.43. The van der Waals surface area contributed by atoms with Gasteiger partial charge in [0.25, 0.3) is 5.91 Å². The molecule has 172 valence electrons. The van der Waals surface area contributed by atoms with Crippen molar-refractivity contribution in [1.82, 2.24) is 4.31 Å². The first-order valence-electron chi connectivity index (χ1n) is 10.4. The van der Waals surface area contributed by atoms with E-state index in [0.29, 0.717) is 37.6 Å². The Balaban J connectivity index is 1.49. The van der Waals surface area contributed by atoms with Crippen LogP contribution in [0.4, 0.5) is 15.8 Å². The predicted octanol–water partition coefficient (Wildman–Crippen LogP) is 3.60. The molecule has 1 saturated heterocycles. The molecule has 9 heteroatoms. The molecule has 1 fully saturated rings. The summed E-state index contributed by atoms with van der Waals surface area (Å²) < 4.78 is 47.2. The Morgan fingerprint density at radius 3 is 2.24 bits per heavy atom. The van der Waals surface area contributed by atoms with E-state index in [4.69, 9.17) is 4.74 Å². The smallest absolute Gasteiger partial charge is 0.258 e. The molecule has 3 aromatic carbocycles. The number of carbonyl (C=O) groups excluding carboxylic acids is 1. The molecule has 1 aliphatic heterocycles. The molecule has 3 aromatic rings. The first-order valence-corrected chi connectivity index (χ1v) is 11.9. The number of para-hydroxylation sites is 1. The van der Waals surface area contributed by atoms with Crippen LogP contribution in [-0.2, 0) is 10.0 Å². The highest BCUT2D eigenvalue weighted by Crippen LogP contribution is 2.24. The van der Waals surface area contributed by atoms with Gasteiger partial charge in [-0.05, 0) is 54.6 Å². The zero-order chi connectivity index (χ0) is 23.4. The van der Waals surface area contributed by atoms with E-state index in [1.807, 2.05) is 30.3 Å². The number of methoxy groups -OCH3 is 1. The number of carbonyl (C=O) groups is 1. The topological polar surface area (TPSA) is 78.9 Å². The largest absolute Gasteiger partial charge is 0.497 e. The molecule has 0 aliphatic carbocycles. The summed E-state index contributed by atoms with van der Waals surface area (Å²) in [6, 6.07) is 19.6. The molecule has 0 spiro atoms. The molecule has 0 aromatic heterocycles.